The number of H-pyrrole nitrogens is 2. The Morgan fingerprint density at radius 3 is 2.42 bits per heavy atom. The quantitative estimate of drug-likeness (QED) is 0.0585. The van der Waals surface area contributed by atoms with E-state index in [1.807, 2.05) is 6.92 Å². The molecule has 4 bridgehead atoms. The molecule has 1 amide bonds. The van der Waals surface area contributed by atoms with Gasteiger partial charge in [0.25, 0.3) is 0 Å². The number of anilines is 1. The maximum absolute atomic E-state index is 14.8. The maximum atomic E-state index is 14.8. The maximum Gasteiger partial charge on any atom is 0.310 e. The summed E-state index contributed by atoms with van der Waals surface area (Å²) in [6.45, 7) is 5.26. The first-order chi connectivity index (χ1) is 38.7. The van der Waals surface area contributed by atoms with Gasteiger partial charge < -0.3 is 86.9 Å². The van der Waals surface area contributed by atoms with E-state index >= 15 is 0 Å². The van der Waals surface area contributed by atoms with Gasteiger partial charge in [-0.15, -0.1) is 5.92 Å². The zero-order valence-corrected chi connectivity index (χ0v) is 46.9. The van der Waals surface area contributed by atoms with Crippen molar-refractivity contribution >= 4 is 17.7 Å². The molecule has 3 aliphatic heterocycles. The Morgan fingerprint density at radius 1 is 0.951 bits per heavy atom. The number of carboxylic acid groups (broad SMARTS) is 1. The number of allylic oxidation sites excluding steroid dienone is 2. The molecule has 10 aliphatic rings. The normalized spacial score (nSPS) is 47.5. The molecule has 25 atom stereocenters. The van der Waals surface area contributed by atoms with Crippen molar-refractivity contribution in [1.82, 2.24) is 25.3 Å². The highest BCUT2D eigenvalue weighted by Gasteiger charge is 2.80. The molecule has 0 radical (unpaired) electrons. The monoisotopic (exact) mass is 1130 g/mol. The standard InChI is InChI=1S/C60H87N7O14/c1-55(25-69)16-17-58(54(78)79)34(20-55)32-11-12-41-57(3)15-13-40-56(2,26-70)50(81-53-49(76)47(74)39(72)24-80-53)48(75)45(60(40,41)29-8-4-5-9-29)30(10-6-7-14-59(32,57)33-18-36-51(66-28-65-36)63-21-35(33)58)43-31(23-68)52(77)67-46(43)44(37-22-62-27-64-37)38(71)19-42(61)73/h11,22,27-31,33-35,38-50,53,63,68-76H,4-5,7-9,12-21,23-26,61H2,1-3H3,(H,62,64)(H,65,66)(H,67,77)(H,78,79)/t30-,31-,33-,34-,35-,38+,39+,40+,41-,42-,43-,44-,45-,46+,47-,48+,49+,50+,53-,55-,56-,57+,58+,59-,60-/m0/s1. The molecule has 446 valence electrons. The van der Waals surface area contributed by atoms with Crippen LogP contribution in [0.5, 0.6) is 0 Å². The van der Waals surface area contributed by atoms with E-state index in [0.717, 1.165) is 37.0 Å². The minimum Gasteiger partial charge on any atom is -0.481 e. The molecule has 0 aromatic carbocycles. The van der Waals surface area contributed by atoms with Crippen molar-refractivity contribution < 1.29 is 70.1 Å². The van der Waals surface area contributed by atoms with Crippen molar-refractivity contribution in [2.45, 2.75) is 172 Å². The van der Waals surface area contributed by atoms with Crippen LogP contribution >= 0.6 is 0 Å². The average molecular weight is 1130 g/mol. The number of rotatable bonds is 13. The van der Waals surface area contributed by atoms with Gasteiger partial charge in [-0.1, -0.05) is 51.2 Å². The number of aromatic amines is 2. The summed E-state index contributed by atoms with van der Waals surface area (Å²) in [4.78, 5) is 45.2. The minimum atomic E-state index is -1.75. The molecular formula is C60H87N7O14. The summed E-state index contributed by atoms with van der Waals surface area (Å²) in [5.74, 6) is 0.0146. The molecular weight excluding hydrogens is 1040 g/mol. The van der Waals surface area contributed by atoms with E-state index in [2.05, 4.69) is 57.3 Å². The van der Waals surface area contributed by atoms with Crippen LogP contribution in [0.2, 0.25) is 0 Å². The summed E-state index contributed by atoms with van der Waals surface area (Å²) in [6, 6.07) is -0.986. The van der Waals surface area contributed by atoms with Crippen LogP contribution in [-0.4, -0.2) is 171 Å². The number of carbonyl (C=O) groups is 2. The Balaban J connectivity index is 1.14. The molecule has 7 aliphatic carbocycles. The van der Waals surface area contributed by atoms with E-state index in [9.17, 15) is 60.7 Å². The third-order valence-corrected chi connectivity index (χ3v) is 24.5. The van der Waals surface area contributed by atoms with Crippen LogP contribution in [0.15, 0.2) is 30.5 Å². The number of carboxylic acids is 1. The zero-order chi connectivity index (χ0) is 57.3. The number of nitrogens with zero attached hydrogens (tertiary/aromatic N) is 2. The van der Waals surface area contributed by atoms with E-state index in [4.69, 9.17) is 20.2 Å². The minimum absolute atomic E-state index is 0.0933. The lowest BCUT2D eigenvalue weighted by Crippen LogP contribution is -2.77. The van der Waals surface area contributed by atoms with Gasteiger partial charge in [0.1, 0.15) is 30.4 Å². The molecule has 21 nitrogen and oxygen atoms in total. The number of nitrogens with two attached hydrogens (primary N) is 1. The molecule has 2 aromatic rings. The second-order valence-electron chi connectivity index (χ2n) is 27.6. The molecule has 16 N–H and O–H groups in total. The summed E-state index contributed by atoms with van der Waals surface area (Å²) < 4.78 is 12.9. The molecule has 12 rings (SSSR count). The van der Waals surface area contributed by atoms with Gasteiger partial charge >= 0.3 is 5.97 Å². The number of aliphatic hydroxyl groups excluding tert-OH is 9. The number of imidazole rings is 2. The largest absolute Gasteiger partial charge is 0.481 e. The summed E-state index contributed by atoms with van der Waals surface area (Å²) >= 11 is 0. The summed E-state index contributed by atoms with van der Waals surface area (Å²) in [5.41, 5.74) is 3.07. The Bertz CT molecular complexity index is 2770. The van der Waals surface area contributed by atoms with Crippen molar-refractivity contribution in [1.29, 1.82) is 0 Å². The van der Waals surface area contributed by atoms with E-state index in [1.54, 1.807) is 12.5 Å². The second-order valence-corrected chi connectivity index (χ2v) is 27.6. The summed E-state index contributed by atoms with van der Waals surface area (Å²) in [7, 11) is 0. The van der Waals surface area contributed by atoms with Gasteiger partial charge in [0.05, 0.1) is 67.8 Å². The van der Waals surface area contributed by atoms with Crippen LogP contribution in [0.25, 0.3) is 0 Å². The molecule has 2 saturated heterocycles. The van der Waals surface area contributed by atoms with Gasteiger partial charge in [-0.25, -0.2) is 9.97 Å². The Hall–Kier alpha value is -4.02. The fraction of sp³-hybridized carbons (Fsp3) is 0.800. The number of aliphatic carboxylic acids is 1. The fourth-order valence-corrected chi connectivity index (χ4v) is 21.2. The molecule has 7 fully saturated rings. The molecule has 81 heavy (non-hydrogen) atoms. The van der Waals surface area contributed by atoms with Crippen molar-refractivity contribution in [3.63, 3.8) is 0 Å². The van der Waals surface area contributed by atoms with Gasteiger partial charge in [0.2, 0.25) is 5.91 Å². The molecule has 2 aromatic heterocycles. The zero-order valence-electron chi connectivity index (χ0n) is 46.9. The second kappa shape index (κ2) is 20.9. The topological polar surface area (TPSA) is 362 Å². The molecule has 1 spiro atoms. The number of amides is 1. The highest BCUT2D eigenvalue weighted by atomic mass is 16.7. The highest BCUT2D eigenvalue weighted by Crippen LogP contribution is 2.82. The van der Waals surface area contributed by atoms with Gasteiger partial charge in [-0.2, -0.15) is 0 Å². The van der Waals surface area contributed by atoms with Gasteiger partial charge in [0, 0.05) is 78.4 Å². The molecule has 0 unspecified atom stereocenters. The van der Waals surface area contributed by atoms with E-state index in [-0.39, 0.29) is 37.4 Å². The van der Waals surface area contributed by atoms with Crippen molar-refractivity contribution in [2.24, 2.45) is 97.4 Å². The van der Waals surface area contributed by atoms with Gasteiger partial charge in [0.15, 0.2) is 6.29 Å². The van der Waals surface area contributed by atoms with Gasteiger partial charge in [-0.3, -0.25) is 9.59 Å². The Morgan fingerprint density at radius 2 is 1.73 bits per heavy atom. The molecule has 5 saturated carbocycles. The number of carbonyl (C=O) groups excluding carboxylic acids is 1. The first kappa shape index (κ1) is 57.4. The van der Waals surface area contributed by atoms with Crippen molar-refractivity contribution in [2.75, 3.05) is 38.3 Å². The smallest absolute Gasteiger partial charge is 0.310 e. The first-order valence-electron chi connectivity index (χ1n) is 30.1. The van der Waals surface area contributed by atoms with Crippen LogP contribution in [-0.2, 0) is 25.5 Å². The summed E-state index contributed by atoms with van der Waals surface area (Å²) in [6.07, 6.45) is 2.48. The van der Waals surface area contributed by atoms with Gasteiger partial charge in [-0.05, 0) is 116 Å². The van der Waals surface area contributed by atoms with E-state index < -0.39 is 160 Å². The number of aromatic nitrogens is 4. The SMILES string of the molecule is C[C@]1(CO)CC[C@@]2(C(=O)O)[C@@H](C1)C1=CC[C@@H]3[C@@]4(C5CCCC5)[C@@H]5[C@@H](O)[C@@H](O[C@@H]6OC[C@@H](O)[C@H](O)[C@H]6O)[C@@](C)(CO)[C@H]4CC[C@@]3(C)[C@]1(CCC#C[C@H]5[C@@H]1[C@H]([C@@H](c3cnc[nH]3)[C@H](O)C[C@@H](N)O)NC(=O)[C@H]1CO)[C@H]1Cc3[nH]cnc3NC[C@@H]12. The number of fused-ring (bicyclic) bond motifs is 5. The molecule has 21 heteroatoms. The van der Waals surface area contributed by atoms with Crippen LogP contribution in [0.4, 0.5) is 5.82 Å². The average Bonchev–Trinajstić information content (AvgIpc) is 4.49. The lowest BCUT2D eigenvalue weighted by molar-refractivity contribution is -0.354. The Labute approximate surface area is 472 Å². The Kier molecular flexibility index (Phi) is 14.8. The number of hydrogen-bond acceptors (Lipinski definition) is 17. The fourth-order valence-electron chi connectivity index (χ4n) is 21.2. The predicted octanol–water partition coefficient (Wildman–Crippen LogP) is 1.50. The number of aliphatic hydroxyl groups is 9. The first-order valence-corrected chi connectivity index (χ1v) is 30.1. The van der Waals surface area contributed by atoms with E-state index in [1.165, 1.54) is 6.33 Å². The van der Waals surface area contributed by atoms with Crippen LogP contribution < -0.4 is 16.4 Å². The van der Waals surface area contributed by atoms with Crippen molar-refractivity contribution in [3.8, 4) is 11.8 Å². The number of ether oxygens (including phenoxy) is 2. The predicted molar refractivity (Wildman–Crippen MR) is 290 cm³/mol. The lowest BCUT2D eigenvalue weighted by Gasteiger charge is -2.78. The van der Waals surface area contributed by atoms with Crippen molar-refractivity contribution in [3.05, 3.63) is 41.9 Å². The van der Waals surface area contributed by atoms with Crippen LogP contribution in [0, 0.1) is 104 Å². The van der Waals surface area contributed by atoms with Crippen LogP contribution in [0.1, 0.15) is 122 Å². The number of hydrogen-bond donors (Lipinski definition) is 15. The summed E-state index contributed by atoms with van der Waals surface area (Å²) in [5, 5.41) is 125. The van der Waals surface area contributed by atoms with E-state index in [0.29, 0.717) is 75.8 Å². The molecule has 5 heterocycles. The third-order valence-electron chi connectivity index (χ3n) is 24.5. The highest BCUT2D eigenvalue weighted by molar-refractivity contribution is 5.82. The third kappa shape index (κ3) is 8.14. The lowest BCUT2D eigenvalue weighted by atomic mass is 9.26. The number of nitrogens with one attached hydrogen (secondary N) is 4. The van der Waals surface area contributed by atoms with Crippen LogP contribution in [0.3, 0.4) is 0 Å².